The summed E-state index contributed by atoms with van der Waals surface area (Å²) in [5, 5.41) is 6.23. The average molecular weight is 382 g/mol. The number of benzene rings is 1. The van der Waals surface area contributed by atoms with Gasteiger partial charge in [0.25, 0.3) is 5.91 Å². The number of aromatic nitrogens is 2. The molecule has 142 valence electrons. The van der Waals surface area contributed by atoms with Crippen LogP contribution in [0.25, 0.3) is 0 Å². The first-order valence-corrected chi connectivity index (χ1v) is 8.42. The van der Waals surface area contributed by atoms with Crippen LogP contribution >= 0.6 is 0 Å². The Morgan fingerprint density at radius 2 is 1.93 bits per heavy atom. The summed E-state index contributed by atoms with van der Waals surface area (Å²) in [5.74, 6) is -2.00. The maximum Gasteiger partial charge on any atom is 0.262 e. The molecule has 0 unspecified atom stereocenters. The lowest BCUT2D eigenvalue weighted by atomic mass is 10.1. The van der Waals surface area contributed by atoms with Gasteiger partial charge in [0.15, 0.2) is 5.75 Å². The molecule has 2 aromatic heterocycles. The molecule has 6 nitrogen and oxygen atoms in total. The number of nitrogens with zero attached hydrogens (tertiary/aromatic N) is 3. The van der Waals surface area contributed by atoms with E-state index < -0.39 is 23.1 Å². The number of carbonyl (C=O) groups excluding carboxylic acids is 1. The van der Waals surface area contributed by atoms with Crippen molar-refractivity contribution in [3.63, 3.8) is 0 Å². The van der Waals surface area contributed by atoms with E-state index in [9.17, 15) is 13.6 Å². The van der Waals surface area contributed by atoms with Crippen molar-refractivity contribution >= 4 is 17.9 Å². The number of amides is 1. The third kappa shape index (κ3) is 5.16. The summed E-state index contributed by atoms with van der Waals surface area (Å²) in [6.45, 7) is 0. The highest BCUT2D eigenvalue weighted by molar-refractivity contribution is 6.04. The van der Waals surface area contributed by atoms with Crippen LogP contribution in [0, 0.1) is 11.6 Å². The smallest absolute Gasteiger partial charge is 0.262 e. The monoisotopic (exact) mass is 382 g/mol. The molecule has 0 aliphatic rings. The number of hydrogen-bond acceptors (Lipinski definition) is 5. The van der Waals surface area contributed by atoms with E-state index in [-0.39, 0.29) is 5.82 Å². The highest BCUT2D eigenvalue weighted by atomic mass is 19.1. The van der Waals surface area contributed by atoms with Crippen LogP contribution in [-0.2, 0) is 6.42 Å². The van der Waals surface area contributed by atoms with E-state index in [4.69, 9.17) is 4.84 Å². The maximum absolute atomic E-state index is 13.6. The van der Waals surface area contributed by atoms with E-state index in [2.05, 4.69) is 20.4 Å². The highest BCUT2D eigenvalue weighted by Crippen LogP contribution is 2.15. The molecule has 0 saturated heterocycles. The van der Waals surface area contributed by atoms with Crippen molar-refractivity contribution in [2.24, 2.45) is 5.16 Å². The fraction of sp³-hybridized carbons (Fsp3) is 0.100. The fourth-order valence-corrected chi connectivity index (χ4v) is 2.32. The number of aryl methyl sites for hydroxylation is 1. The van der Waals surface area contributed by atoms with Gasteiger partial charge < -0.3 is 10.2 Å². The van der Waals surface area contributed by atoms with Gasteiger partial charge in [-0.1, -0.05) is 17.3 Å². The minimum atomic E-state index is -0.929. The molecule has 28 heavy (non-hydrogen) atoms. The minimum absolute atomic E-state index is 0.199. The largest absolute Gasteiger partial charge is 0.356 e. The highest BCUT2D eigenvalue weighted by Gasteiger charge is 2.17. The van der Waals surface area contributed by atoms with E-state index in [1.165, 1.54) is 6.07 Å². The summed E-state index contributed by atoms with van der Waals surface area (Å²) in [6.07, 6.45) is 7.67. The third-order valence-corrected chi connectivity index (χ3v) is 3.69. The molecule has 0 aliphatic heterocycles. The lowest BCUT2D eigenvalue weighted by Gasteiger charge is -2.07. The number of oxime groups is 1. The second-order valence-electron chi connectivity index (χ2n) is 5.71. The molecule has 1 N–H and O–H groups in total. The van der Waals surface area contributed by atoms with E-state index in [1.807, 2.05) is 0 Å². The Morgan fingerprint density at radius 1 is 1.11 bits per heavy atom. The maximum atomic E-state index is 13.6. The number of rotatable bonds is 7. The lowest BCUT2D eigenvalue weighted by molar-refractivity contribution is 0.101. The van der Waals surface area contributed by atoms with Crippen molar-refractivity contribution in [1.82, 2.24) is 9.97 Å². The van der Waals surface area contributed by atoms with Crippen molar-refractivity contribution in [1.29, 1.82) is 0 Å². The van der Waals surface area contributed by atoms with E-state index in [0.29, 0.717) is 18.6 Å². The zero-order valence-electron chi connectivity index (χ0n) is 14.7. The Kier molecular flexibility index (Phi) is 6.35. The topological polar surface area (TPSA) is 76.5 Å². The first-order chi connectivity index (χ1) is 13.6. The SMILES string of the molecule is O=C(Nc1ccc(CC/C=N/Oc2cccnc2)cn1)c1c(F)cccc1F. The van der Waals surface area contributed by atoms with Crippen LogP contribution in [0.5, 0.6) is 5.75 Å². The van der Waals surface area contributed by atoms with Crippen LogP contribution in [0.4, 0.5) is 14.6 Å². The number of hydrogen-bond donors (Lipinski definition) is 1. The Hall–Kier alpha value is -3.68. The summed E-state index contributed by atoms with van der Waals surface area (Å²) in [6, 6.07) is 10.1. The molecule has 0 aliphatic carbocycles. The van der Waals surface area contributed by atoms with Crippen molar-refractivity contribution in [2.75, 3.05) is 5.32 Å². The summed E-state index contributed by atoms with van der Waals surface area (Å²) >= 11 is 0. The summed E-state index contributed by atoms with van der Waals surface area (Å²) in [7, 11) is 0. The van der Waals surface area contributed by atoms with Crippen LogP contribution < -0.4 is 10.2 Å². The Labute approximate surface area is 159 Å². The number of halogens is 2. The molecular weight excluding hydrogens is 366 g/mol. The van der Waals surface area contributed by atoms with E-state index in [0.717, 1.165) is 17.7 Å². The first kappa shape index (κ1) is 19.1. The van der Waals surface area contributed by atoms with Gasteiger partial charge in [-0.05, 0) is 48.7 Å². The Balaban J connectivity index is 1.50. The van der Waals surface area contributed by atoms with Gasteiger partial charge in [0.2, 0.25) is 0 Å². The zero-order chi connectivity index (χ0) is 19.8. The molecular formula is C20H16F2N4O2. The molecule has 0 bridgehead atoms. The van der Waals surface area contributed by atoms with Gasteiger partial charge in [0.1, 0.15) is 23.0 Å². The average Bonchev–Trinajstić information content (AvgIpc) is 2.70. The molecule has 8 heteroatoms. The number of carbonyl (C=O) groups is 1. The molecule has 3 rings (SSSR count). The van der Waals surface area contributed by atoms with Gasteiger partial charge in [-0.15, -0.1) is 0 Å². The predicted octanol–water partition coefficient (Wildman–Crippen LogP) is 4.00. The standard InChI is InChI=1S/C20H16F2N4O2/c21-16-6-1-7-17(22)19(16)20(27)26-18-9-8-14(12-24-18)4-2-11-25-28-15-5-3-10-23-13-15/h1,3,5-13H,2,4H2,(H,24,26,27)/b25-11+. The molecule has 0 spiro atoms. The van der Waals surface area contributed by atoms with Gasteiger partial charge in [0, 0.05) is 18.6 Å². The van der Waals surface area contributed by atoms with Crippen molar-refractivity contribution in [2.45, 2.75) is 12.8 Å². The summed E-state index contributed by atoms with van der Waals surface area (Å²) < 4.78 is 27.3. The second-order valence-corrected chi connectivity index (χ2v) is 5.71. The van der Waals surface area contributed by atoms with Gasteiger partial charge in [-0.2, -0.15) is 0 Å². The molecule has 0 saturated carbocycles. The molecule has 0 atom stereocenters. The van der Waals surface area contributed by atoms with Crippen LogP contribution in [0.15, 0.2) is 66.2 Å². The first-order valence-electron chi connectivity index (χ1n) is 8.42. The fourth-order valence-electron chi connectivity index (χ4n) is 2.32. The normalized spacial score (nSPS) is 10.8. The van der Waals surface area contributed by atoms with E-state index >= 15 is 0 Å². The van der Waals surface area contributed by atoms with Gasteiger partial charge in [0.05, 0.1) is 6.20 Å². The molecule has 0 radical (unpaired) electrons. The minimum Gasteiger partial charge on any atom is -0.356 e. The molecule has 1 aromatic carbocycles. The van der Waals surface area contributed by atoms with Crippen molar-refractivity contribution in [3.05, 3.63) is 83.8 Å². The number of nitrogens with one attached hydrogen (secondary N) is 1. The second kappa shape index (κ2) is 9.31. The van der Waals surface area contributed by atoms with Crippen LogP contribution in [0.3, 0.4) is 0 Å². The van der Waals surface area contributed by atoms with Crippen molar-refractivity contribution < 1.29 is 18.4 Å². The van der Waals surface area contributed by atoms with Gasteiger partial charge in [-0.25, -0.2) is 13.8 Å². The Bertz CT molecular complexity index is 943. The third-order valence-electron chi connectivity index (χ3n) is 3.69. The summed E-state index contributed by atoms with van der Waals surface area (Å²) in [4.78, 5) is 25.2. The molecule has 2 heterocycles. The zero-order valence-corrected chi connectivity index (χ0v) is 14.7. The Morgan fingerprint density at radius 3 is 2.61 bits per heavy atom. The van der Waals surface area contributed by atoms with Crippen LogP contribution in [0.2, 0.25) is 0 Å². The number of pyridine rings is 2. The predicted molar refractivity (Wildman–Crippen MR) is 100 cm³/mol. The van der Waals surface area contributed by atoms with E-state index in [1.54, 1.807) is 49.1 Å². The number of anilines is 1. The van der Waals surface area contributed by atoms with Gasteiger partial charge in [-0.3, -0.25) is 9.78 Å². The lowest BCUT2D eigenvalue weighted by Crippen LogP contribution is -2.16. The van der Waals surface area contributed by atoms with Crippen LogP contribution in [0.1, 0.15) is 22.3 Å². The summed E-state index contributed by atoms with van der Waals surface area (Å²) in [5.41, 5.74) is 0.265. The quantitative estimate of drug-likeness (QED) is 0.495. The molecule has 3 aromatic rings. The molecule has 1 amide bonds. The van der Waals surface area contributed by atoms with Crippen LogP contribution in [-0.4, -0.2) is 22.1 Å². The molecule has 0 fully saturated rings. The van der Waals surface area contributed by atoms with Gasteiger partial charge >= 0.3 is 0 Å². The van der Waals surface area contributed by atoms with Crippen molar-refractivity contribution in [3.8, 4) is 5.75 Å².